The van der Waals surface area contributed by atoms with Crippen molar-refractivity contribution in [2.75, 3.05) is 4.90 Å². The number of fused-ring (bicyclic) bond motifs is 1. The molecule has 1 heterocycles. The number of H-pyrrole nitrogens is 1. The number of aromatic nitrogens is 2. The predicted molar refractivity (Wildman–Crippen MR) is 112 cm³/mol. The molecule has 0 saturated carbocycles. The second-order valence-electron chi connectivity index (χ2n) is 6.77. The van der Waals surface area contributed by atoms with Crippen LogP contribution in [0.5, 0.6) is 0 Å². The van der Waals surface area contributed by atoms with Gasteiger partial charge in [-0.2, -0.15) is 5.10 Å². The highest BCUT2D eigenvalue weighted by atomic mass is 16.6. The quantitative estimate of drug-likeness (QED) is 0.356. The van der Waals surface area contributed by atoms with Crippen LogP contribution in [0, 0.1) is 20.2 Å². The molecular weight excluding hydrogens is 386 g/mol. The fraction of sp³-hybridized carbons (Fsp3) is 0.0952. The molecule has 0 unspecified atom stereocenters. The van der Waals surface area contributed by atoms with Crippen LogP contribution >= 0.6 is 0 Å². The maximum atomic E-state index is 11.5. The monoisotopic (exact) mass is 403 g/mol. The Balaban J connectivity index is 1.77. The molecule has 1 aromatic heterocycles. The Hall–Kier alpha value is -4.27. The molecule has 0 amide bonds. The number of nitro benzene ring substituents is 2. The molecule has 30 heavy (non-hydrogen) atoms. The molecular formula is C21H17N5O4. The van der Waals surface area contributed by atoms with Crippen molar-refractivity contribution < 1.29 is 9.85 Å². The van der Waals surface area contributed by atoms with Gasteiger partial charge in [0.2, 0.25) is 0 Å². The molecule has 4 rings (SSSR count). The molecule has 0 bridgehead atoms. The number of rotatable bonds is 7. The van der Waals surface area contributed by atoms with E-state index in [-0.39, 0.29) is 24.5 Å². The average Bonchev–Trinajstić information content (AvgIpc) is 3.21. The summed E-state index contributed by atoms with van der Waals surface area (Å²) in [7, 11) is 0. The lowest BCUT2D eigenvalue weighted by molar-refractivity contribution is -0.385. The standard InChI is InChI=1S/C21H17N5O4/c27-25(28)20-7-3-1-5-15(20)13-24(14-16-6-2-4-8-21(16)26(29)30)18-9-10-19-17(11-18)12-22-23-19/h1-12H,13-14H2,(H,22,23). The second kappa shape index (κ2) is 8.00. The van der Waals surface area contributed by atoms with Crippen molar-refractivity contribution in [3.8, 4) is 0 Å². The van der Waals surface area contributed by atoms with Crippen molar-refractivity contribution in [2.45, 2.75) is 13.1 Å². The van der Waals surface area contributed by atoms with E-state index in [9.17, 15) is 20.2 Å². The number of hydrogen-bond acceptors (Lipinski definition) is 6. The van der Waals surface area contributed by atoms with Gasteiger partial charge in [-0.25, -0.2) is 0 Å². The van der Waals surface area contributed by atoms with E-state index in [1.54, 1.807) is 42.6 Å². The number of benzene rings is 3. The van der Waals surface area contributed by atoms with E-state index < -0.39 is 9.85 Å². The van der Waals surface area contributed by atoms with Gasteiger partial charge in [-0.05, 0) is 18.2 Å². The van der Waals surface area contributed by atoms with Crippen LogP contribution in [0.4, 0.5) is 17.1 Å². The highest BCUT2D eigenvalue weighted by molar-refractivity contribution is 5.82. The molecule has 0 atom stereocenters. The first-order valence-corrected chi connectivity index (χ1v) is 9.15. The molecule has 0 aliphatic carbocycles. The van der Waals surface area contributed by atoms with Crippen molar-refractivity contribution >= 4 is 28.0 Å². The fourth-order valence-electron chi connectivity index (χ4n) is 3.42. The third-order valence-electron chi connectivity index (χ3n) is 4.89. The molecule has 1 N–H and O–H groups in total. The number of nitrogens with one attached hydrogen (secondary N) is 1. The zero-order valence-electron chi connectivity index (χ0n) is 15.8. The van der Waals surface area contributed by atoms with E-state index in [2.05, 4.69) is 10.2 Å². The third kappa shape index (κ3) is 3.81. The molecule has 0 radical (unpaired) electrons. The summed E-state index contributed by atoms with van der Waals surface area (Å²) in [6.07, 6.45) is 1.69. The zero-order valence-corrected chi connectivity index (χ0v) is 15.8. The number of anilines is 1. The van der Waals surface area contributed by atoms with E-state index in [4.69, 9.17) is 0 Å². The Bertz CT molecular complexity index is 1180. The molecule has 4 aromatic rings. The van der Waals surface area contributed by atoms with Gasteiger partial charge in [0.1, 0.15) is 0 Å². The molecule has 0 aliphatic heterocycles. The Kier molecular flexibility index (Phi) is 5.08. The number of para-hydroxylation sites is 2. The maximum absolute atomic E-state index is 11.5. The molecule has 0 spiro atoms. The van der Waals surface area contributed by atoms with Gasteiger partial charge in [0.05, 0.1) is 34.6 Å². The Morgan fingerprint density at radius 2 is 1.40 bits per heavy atom. The lowest BCUT2D eigenvalue weighted by atomic mass is 10.1. The van der Waals surface area contributed by atoms with Gasteiger partial charge in [-0.3, -0.25) is 25.3 Å². The smallest absolute Gasteiger partial charge is 0.274 e. The minimum Gasteiger partial charge on any atom is -0.362 e. The van der Waals surface area contributed by atoms with Gasteiger partial charge in [0.25, 0.3) is 11.4 Å². The molecule has 0 fully saturated rings. The largest absolute Gasteiger partial charge is 0.362 e. The van der Waals surface area contributed by atoms with Gasteiger partial charge in [0.15, 0.2) is 0 Å². The molecule has 150 valence electrons. The Morgan fingerprint density at radius 3 is 1.97 bits per heavy atom. The number of nitro groups is 2. The van der Waals surface area contributed by atoms with E-state index in [1.807, 2.05) is 23.1 Å². The molecule has 9 heteroatoms. The zero-order chi connectivity index (χ0) is 21.1. The van der Waals surface area contributed by atoms with Crippen LogP contribution < -0.4 is 4.90 Å². The van der Waals surface area contributed by atoms with Gasteiger partial charge in [-0.15, -0.1) is 0 Å². The van der Waals surface area contributed by atoms with Crippen LogP contribution in [0.3, 0.4) is 0 Å². The molecule has 9 nitrogen and oxygen atoms in total. The van der Waals surface area contributed by atoms with Crippen LogP contribution in [-0.4, -0.2) is 20.0 Å². The van der Waals surface area contributed by atoms with E-state index in [0.717, 1.165) is 16.6 Å². The third-order valence-corrected chi connectivity index (χ3v) is 4.89. The Labute approximate surface area is 170 Å². The summed E-state index contributed by atoms with van der Waals surface area (Å²) >= 11 is 0. The van der Waals surface area contributed by atoms with Crippen molar-refractivity contribution in [2.24, 2.45) is 0 Å². The SMILES string of the molecule is O=[N+]([O-])c1ccccc1CN(Cc1ccccc1[N+](=O)[O-])c1ccc2[nH]ncc2c1. The van der Waals surface area contributed by atoms with Gasteiger partial charge < -0.3 is 4.90 Å². The Morgan fingerprint density at radius 1 is 0.833 bits per heavy atom. The summed E-state index contributed by atoms with van der Waals surface area (Å²) in [5, 5.41) is 30.7. The van der Waals surface area contributed by atoms with Crippen molar-refractivity contribution in [1.82, 2.24) is 10.2 Å². The summed E-state index contributed by atoms with van der Waals surface area (Å²) in [6, 6.07) is 18.7. The summed E-state index contributed by atoms with van der Waals surface area (Å²) < 4.78 is 0. The second-order valence-corrected chi connectivity index (χ2v) is 6.77. The summed E-state index contributed by atoms with van der Waals surface area (Å²) in [4.78, 5) is 24.0. The molecule has 0 saturated heterocycles. The normalized spacial score (nSPS) is 10.8. The molecule has 0 aliphatic rings. The van der Waals surface area contributed by atoms with Crippen LogP contribution in [0.25, 0.3) is 10.9 Å². The lowest BCUT2D eigenvalue weighted by Gasteiger charge is -2.25. The minimum atomic E-state index is -0.419. The van der Waals surface area contributed by atoms with Crippen LogP contribution in [-0.2, 0) is 13.1 Å². The predicted octanol–water partition coefficient (Wildman–Crippen LogP) is 4.59. The maximum Gasteiger partial charge on any atom is 0.274 e. The topological polar surface area (TPSA) is 118 Å². The van der Waals surface area contributed by atoms with Gasteiger partial charge in [0, 0.05) is 34.3 Å². The van der Waals surface area contributed by atoms with Crippen molar-refractivity contribution in [3.63, 3.8) is 0 Å². The molecule has 3 aromatic carbocycles. The first-order chi connectivity index (χ1) is 14.5. The van der Waals surface area contributed by atoms with Crippen molar-refractivity contribution in [3.05, 3.63) is 104 Å². The van der Waals surface area contributed by atoms with Crippen molar-refractivity contribution in [1.29, 1.82) is 0 Å². The van der Waals surface area contributed by atoms with E-state index >= 15 is 0 Å². The lowest BCUT2D eigenvalue weighted by Crippen LogP contribution is -2.23. The first kappa shape index (κ1) is 19.1. The summed E-state index contributed by atoms with van der Waals surface area (Å²) in [6.45, 7) is 0.430. The first-order valence-electron chi connectivity index (χ1n) is 9.15. The van der Waals surface area contributed by atoms with Crippen LogP contribution in [0.1, 0.15) is 11.1 Å². The highest BCUT2D eigenvalue weighted by Gasteiger charge is 2.20. The minimum absolute atomic E-state index is 0.00875. The number of nitrogens with zero attached hydrogens (tertiary/aromatic N) is 4. The van der Waals surface area contributed by atoms with Crippen LogP contribution in [0.2, 0.25) is 0 Å². The fourth-order valence-corrected chi connectivity index (χ4v) is 3.42. The average molecular weight is 403 g/mol. The number of aromatic amines is 1. The van der Waals surface area contributed by atoms with E-state index in [1.165, 1.54) is 12.1 Å². The highest BCUT2D eigenvalue weighted by Crippen LogP contribution is 2.29. The van der Waals surface area contributed by atoms with Gasteiger partial charge >= 0.3 is 0 Å². The number of hydrogen-bond donors (Lipinski definition) is 1. The van der Waals surface area contributed by atoms with Gasteiger partial charge in [-0.1, -0.05) is 36.4 Å². The summed E-state index contributed by atoms with van der Waals surface area (Å²) in [5.74, 6) is 0. The summed E-state index contributed by atoms with van der Waals surface area (Å²) in [5.41, 5.74) is 2.70. The van der Waals surface area contributed by atoms with E-state index in [0.29, 0.717) is 11.1 Å². The van der Waals surface area contributed by atoms with Crippen LogP contribution in [0.15, 0.2) is 72.9 Å².